The Morgan fingerprint density at radius 3 is 2.61 bits per heavy atom. The summed E-state index contributed by atoms with van der Waals surface area (Å²) in [6.45, 7) is 3.73. The third-order valence-corrected chi connectivity index (χ3v) is 4.70. The number of aryl methyl sites for hydroxylation is 1. The minimum atomic E-state index is -0.439. The van der Waals surface area contributed by atoms with Gasteiger partial charge in [-0.1, -0.05) is 18.2 Å². The molecule has 0 spiro atoms. The van der Waals surface area contributed by atoms with Gasteiger partial charge in [-0.3, -0.25) is 4.79 Å². The predicted molar refractivity (Wildman–Crippen MR) is 91.2 cm³/mol. The topological polar surface area (TPSA) is 70.2 Å². The van der Waals surface area contributed by atoms with Gasteiger partial charge in [0.05, 0.1) is 11.6 Å². The fraction of sp³-hybridized carbons (Fsp3) is 0.176. The number of urea groups is 1. The Kier molecular flexibility index (Phi) is 4.16. The monoisotopic (exact) mass is 327 g/mol. The van der Waals surface area contributed by atoms with E-state index < -0.39 is 6.04 Å². The second-order valence-corrected chi connectivity index (χ2v) is 6.36. The lowest BCUT2D eigenvalue weighted by molar-refractivity contribution is -0.113. The third kappa shape index (κ3) is 3.27. The summed E-state index contributed by atoms with van der Waals surface area (Å²) in [5.41, 5.74) is 2.92. The van der Waals surface area contributed by atoms with Crippen LogP contribution in [0.2, 0.25) is 0 Å². The van der Waals surface area contributed by atoms with Gasteiger partial charge in [0.15, 0.2) is 0 Å². The molecule has 0 saturated carbocycles. The van der Waals surface area contributed by atoms with Crippen LogP contribution in [0.1, 0.15) is 23.4 Å². The number of nitrogens with one attached hydrogen (secondary N) is 3. The van der Waals surface area contributed by atoms with Gasteiger partial charge in [0.25, 0.3) is 5.91 Å². The molecule has 0 saturated heterocycles. The SMILES string of the molecule is CC1=C(C(=O)Nc2ccccc2)C(c2cc(C)cs2)NC(=O)N1. The van der Waals surface area contributed by atoms with Crippen LogP contribution in [0.3, 0.4) is 0 Å². The van der Waals surface area contributed by atoms with Crippen molar-refractivity contribution in [2.75, 3.05) is 5.32 Å². The van der Waals surface area contributed by atoms with Crippen LogP contribution in [0.25, 0.3) is 0 Å². The Hall–Kier alpha value is -2.60. The van der Waals surface area contributed by atoms with Crippen molar-refractivity contribution in [1.29, 1.82) is 0 Å². The van der Waals surface area contributed by atoms with Gasteiger partial charge in [0, 0.05) is 16.3 Å². The highest BCUT2D eigenvalue weighted by Gasteiger charge is 2.31. The molecule has 1 aliphatic heterocycles. The van der Waals surface area contributed by atoms with Gasteiger partial charge in [0.2, 0.25) is 0 Å². The van der Waals surface area contributed by atoms with Crippen molar-refractivity contribution in [2.45, 2.75) is 19.9 Å². The van der Waals surface area contributed by atoms with Gasteiger partial charge in [-0.15, -0.1) is 11.3 Å². The molecule has 3 amide bonds. The lowest BCUT2D eigenvalue weighted by Crippen LogP contribution is -2.45. The number of anilines is 1. The largest absolute Gasteiger partial charge is 0.326 e. The van der Waals surface area contributed by atoms with Crippen molar-refractivity contribution >= 4 is 29.0 Å². The Labute approximate surface area is 138 Å². The number of amides is 3. The van der Waals surface area contributed by atoms with Crippen LogP contribution in [0.4, 0.5) is 10.5 Å². The first-order valence-corrected chi connectivity index (χ1v) is 8.12. The molecule has 0 radical (unpaired) electrons. The minimum absolute atomic E-state index is 0.225. The highest BCUT2D eigenvalue weighted by atomic mass is 32.1. The van der Waals surface area contributed by atoms with Gasteiger partial charge in [-0.2, -0.15) is 0 Å². The molecule has 0 fully saturated rings. The molecule has 0 aliphatic carbocycles. The standard InChI is InChI=1S/C17H17N3O2S/c1-10-8-13(23-9-10)15-14(11(2)18-17(22)20-15)16(21)19-12-6-4-3-5-7-12/h3-9,15H,1-2H3,(H,19,21)(H2,18,20,22). The molecule has 1 aromatic heterocycles. The fourth-order valence-corrected chi connectivity index (χ4v) is 3.49. The van der Waals surface area contributed by atoms with Crippen molar-refractivity contribution < 1.29 is 9.59 Å². The molecule has 23 heavy (non-hydrogen) atoms. The molecule has 1 unspecified atom stereocenters. The Morgan fingerprint density at radius 2 is 1.96 bits per heavy atom. The summed E-state index contributed by atoms with van der Waals surface area (Å²) in [6, 6.07) is 10.5. The number of allylic oxidation sites excluding steroid dienone is 1. The van der Waals surface area contributed by atoms with Gasteiger partial charge < -0.3 is 16.0 Å². The Bertz CT molecular complexity index is 780. The van der Waals surface area contributed by atoms with Gasteiger partial charge in [-0.25, -0.2) is 4.79 Å². The van der Waals surface area contributed by atoms with Crippen LogP contribution in [0.15, 0.2) is 53.0 Å². The average Bonchev–Trinajstić information content (AvgIpc) is 2.93. The predicted octanol–water partition coefficient (Wildman–Crippen LogP) is 3.32. The van der Waals surface area contributed by atoms with E-state index in [-0.39, 0.29) is 11.9 Å². The zero-order valence-electron chi connectivity index (χ0n) is 12.8. The van der Waals surface area contributed by atoms with E-state index in [0.29, 0.717) is 11.3 Å². The summed E-state index contributed by atoms with van der Waals surface area (Å²) in [5.74, 6) is -0.225. The van der Waals surface area contributed by atoms with E-state index in [2.05, 4.69) is 16.0 Å². The van der Waals surface area contributed by atoms with E-state index in [1.165, 1.54) is 11.3 Å². The maximum Gasteiger partial charge on any atom is 0.319 e. The Morgan fingerprint density at radius 1 is 1.22 bits per heavy atom. The molecule has 3 N–H and O–H groups in total. The molecule has 1 atom stereocenters. The van der Waals surface area contributed by atoms with Crippen molar-refractivity contribution in [3.8, 4) is 0 Å². The molecule has 1 aromatic carbocycles. The van der Waals surface area contributed by atoms with Crippen molar-refractivity contribution in [1.82, 2.24) is 10.6 Å². The van der Waals surface area contributed by atoms with Gasteiger partial charge >= 0.3 is 6.03 Å². The molecule has 2 aromatic rings. The van der Waals surface area contributed by atoms with E-state index in [0.717, 1.165) is 16.1 Å². The number of para-hydroxylation sites is 1. The van der Waals surface area contributed by atoms with E-state index in [4.69, 9.17) is 0 Å². The highest BCUT2D eigenvalue weighted by molar-refractivity contribution is 7.10. The summed E-state index contributed by atoms with van der Waals surface area (Å²) in [7, 11) is 0. The van der Waals surface area contributed by atoms with Crippen molar-refractivity contribution in [3.63, 3.8) is 0 Å². The summed E-state index contributed by atoms with van der Waals surface area (Å²) < 4.78 is 0. The number of carbonyl (C=O) groups excluding carboxylic acids is 2. The first-order chi connectivity index (χ1) is 11.0. The van der Waals surface area contributed by atoms with Gasteiger partial charge in [-0.05, 0) is 43.0 Å². The molecular weight excluding hydrogens is 310 g/mol. The smallest absolute Gasteiger partial charge is 0.319 e. The molecule has 6 heteroatoms. The fourth-order valence-electron chi connectivity index (χ4n) is 2.53. The molecule has 5 nitrogen and oxygen atoms in total. The number of hydrogen-bond donors (Lipinski definition) is 3. The lowest BCUT2D eigenvalue weighted by atomic mass is 10.00. The van der Waals surface area contributed by atoms with E-state index >= 15 is 0 Å². The summed E-state index contributed by atoms with van der Waals surface area (Å²) in [4.78, 5) is 25.5. The Balaban J connectivity index is 1.93. The molecule has 1 aliphatic rings. The third-order valence-electron chi connectivity index (χ3n) is 3.58. The maximum absolute atomic E-state index is 12.7. The van der Waals surface area contributed by atoms with Crippen LogP contribution in [0, 0.1) is 6.92 Å². The number of benzene rings is 1. The number of rotatable bonds is 3. The normalized spacial score (nSPS) is 17.5. The minimum Gasteiger partial charge on any atom is -0.326 e. The number of hydrogen-bond acceptors (Lipinski definition) is 3. The van der Waals surface area contributed by atoms with Crippen LogP contribution in [0.5, 0.6) is 0 Å². The summed E-state index contributed by atoms with van der Waals surface area (Å²) in [6.07, 6.45) is 0. The van der Waals surface area contributed by atoms with Crippen LogP contribution >= 0.6 is 11.3 Å². The second kappa shape index (κ2) is 6.26. The van der Waals surface area contributed by atoms with Crippen molar-refractivity contribution in [3.05, 3.63) is 63.5 Å². The zero-order chi connectivity index (χ0) is 16.4. The first kappa shape index (κ1) is 15.3. The number of carbonyl (C=O) groups is 2. The number of thiophene rings is 1. The summed E-state index contributed by atoms with van der Waals surface area (Å²) >= 11 is 1.53. The lowest BCUT2D eigenvalue weighted by Gasteiger charge is -2.27. The maximum atomic E-state index is 12.7. The van der Waals surface area contributed by atoms with Crippen LogP contribution in [-0.4, -0.2) is 11.9 Å². The molecule has 2 heterocycles. The van der Waals surface area contributed by atoms with E-state index in [1.807, 2.05) is 48.7 Å². The quantitative estimate of drug-likeness (QED) is 0.809. The summed E-state index contributed by atoms with van der Waals surface area (Å²) in [5, 5.41) is 10.4. The van der Waals surface area contributed by atoms with Crippen LogP contribution < -0.4 is 16.0 Å². The highest BCUT2D eigenvalue weighted by Crippen LogP contribution is 2.31. The van der Waals surface area contributed by atoms with Crippen LogP contribution in [-0.2, 0) is 4.79 Å². The molecule has 118 valence electrons. The van der Waals surface area contributed by atoms with E-state index in [9.17, 15) is 9.59 Å². The zero-order valence-corrected chi connectivity index (χ0v) is 13.7. The second-order valence-electron chi connectivity index (χ2n) is 5.42. The van der Waals surface area contributed by atoms with Crippen molar-refractivity contribution in [2.24, 2.45) is 0 Å². The first-order valence-electron chi connectivity index (χ1n) is 7.24. The molecule has 0 bridgehead atoms. The van der Waals surface area contributed by atoms with Gasteiger partial charge in [0.1, 0.15) is 0 Å². The molecular formula is C17H17N3O2S. The van der Waals surface area contributed by atoms with E-state index in [1.54, 1.807) is 6.92 Å². The molecule has 3 rings (SSSR count). The average molecular weight is 327 g/mol.